The number of phenolic OH excluding ortho intramolecular Hbond substituents is 1. The molecule has 0 aromatic heterocycles. The van der Waals surface area contributed by atoms with Gasteiger partial charge in [0.15, 0.2) is 0 Å². The number of allylic oxidation sites excluding steroid dienone is 1. The first-order chi connectivity index (χ1) is 5.33. The molecule has 1 aromatic rings. The molecule has 0 heterocycles. The van der Waals surface area contributed by atoms with Crippen LogP contribution in [0.3, 0.4) is 0 Å². The highest BCUT2D eigenvalue weighted by Gasteiger charge is 1.91. The summed E-state index contributed by atoms with van der Waals surface area (Å²) in [7, 11) is 0. The molecule has 0 atom stereocenters. The van der Waals surface area contributed by atoms with Crippen molar-refractivity contribution in [2.24, 2.45) is 0 Å². The number of aryl methyl sites for hydroxylation is 1. The molecule has 0 radical (unpaired) electrons. The van der Waals surface area contributed by atoms with E-state index in [0.29, 0.717) is 5.75 Å². The molecule has 1 nitrogen and oxygen atoms in total. The molecule has 0 saturated heterocycles. The third-order valence-corrected chi connectivity index (χ3v) is 1.55. The summed E-state index contributed by atoms with van der Waals surface area (Å²) in [6.45, 7) is 3.64. The summed E-state index contributed by atoms with van der Waals surface area (Å²) < 4.78 is 0. The van der Waals surface area contributed by atoms with Gasteiger partial charge in [0.2, 0.25) is 0 Å². The number of rotatable bonds is 3. The minimum atomic E-state index is 0.339. The highest BCUT2D eigenvalue weighted by Crippen LogP contribution is 2.12. The van der Waals surface area contributed by atoms with Crippen LogP contribution in [0.15, 0.2) is 36.9 Å². The van der Waals surface area contributed by atoms with Crippen LogP contribution in [0, 0.1) is 0 Å². The average molecular weight is 148 g/mol. The standard InChI is InChI=1S/C10H12O/c1-2-3-5-9-6-4-7-10(11)8-9/h2,4,6-8,11H,1,3,5H2. The van der Waals surface area contributed by atoms with Crippen LogP contribution in [-0.2, 0) is 6.42 Å². The second-order valence-corrected chi connectivity index (χ2v) is 2.50. The maximum Gasteiger partial charge on any atom is 0.115 e. The molecule has 0 aliphatic rings. The van der Waals surface area contributed by atoms with Crippen LogP contribution < -0.4 is 0 Å². The molecule has 11 heavy (non-hydrogen) atoms. The van der Waals surface area contributed by atoms with Gasteiger partial charge in [-0.3, -0.25) is 0 Å². The van der Waals surface area contributed by atoms with Crippen molar-refractivity contribution in [3.8, 4) is 5.75 Å². The van der Waals surface area contributed by atoms with Crippen molar-refractivity contribution in [2.75, 3.05) is 0 Å². The lowest BCUT2D eigenvalue weighted by Crippen LogP contribution is -1.81. The zero-order valence-electron chi connectivity index (χ0n) is 6.46. The summed E-state index contributed by atoms with van der Waals surface area (Å²) in [4.78, 5) is 0. The molecular weight excluding hydrogens is 136 g/mol. The van der Waals surface area contributed by atoms with Gasteiger partial charge in [-0.15, -0.1) is 6.58 Å². The topological polar surface area (TPSA) is 20.2 Å². The Kier molecular flexibility index (Phi) is 2.73. The van der Waals surface area contributed by atoms with Crippen LogP contribution in [0.4, 0.5) is 0 Å². The van der Waals surface area contributed by atoms with Crippen molar-refractivity contribution >= 4 is 0 Å². The summed E-state index contributed by atoms with van der Waals surface area (Å²) in [5, 5.41) is 9.09. The molecule has 58 valence electrons. The Morgan fingerprint density at radius 1 is 1.45 bits per heavy atom. The predicted octanol–water partition coefficient (Wildman–Crippen LogP) is 2.51. The summed E-state index contributed by atoms with van der Waals surface area (Å²) in [5.74, 6) is 0.339. The van der Waals surface area contributed by atoms with Gasteiger partial charge in [-0.2, -0.15) is 0 Å². The molecule has 0 bridgehead atoms. The van der Waals surface area contributed by atoms with E-state index in [1.807, 2.05) is 18.2 Å². The zero-order valence-corrected chi connectivity index (χ0v) is 6.46. The van der Waals surface area contributed by atoms with Gasteiger partial charge in [0.1, 0.15) is 5.75 Å². The fourth-order valence-electron chi connectivity index (χ4n) is 0.981. The highest BCUT2D eigenvalue weighted by atomic mass is 16.3. The fourth-order valence-corrected chi connectivity index (χ4v) is 0.981. The smallest absolute Gasteiger partial charge is 0.115 e. The lowest BCUT2D eigenvalue weighted by atomic mass is 10.1. The number of hydrogen-bond donors (Lipinski definition) is 1. The van der Waals surface area contributed by atoms with Crippen molar-refractivity contribution in [1.29, 1.82) is 0 Å². The molecule has 0 aliphatic heterocycles. The number of aromatic hydroxyl groups is 1. The SMILES string of the molecule is C=CCCc1cccc(O)c1. The second kappa shape index (κ2) is 3.81. The van der Waals surface area contributed by atoms with Gasteiger partial charge in [0, 0.05) is 0 Å². The summed E-state index contributed by atoms with van der Waals surface area (Å²) >= 11 is 0. The molecule has 1 aromatic carbocycles. The fraction of sp³-hybridized carbons (Fsp3) is 0.200. The largest absolute Gasteiger partial charge is 0.508 e. The Hall–Kier alpha value is -1.24. The van der Waals surface area contributed by atoms with Crippen molar-refractivity contribution in [3.05, 3.63) is 42.5 Å². The Balaban J connectivity index is 2.63. The van der Waals surface area contributed by atoms with E-state index in [9.17, 15) is 0 Å². The Morgan fingerprint density at radius 2 is 2.27 bits per heavy atom. The van der Waals surface area contributed by atoms with E-state index in [1.54, 1.807) is 12.1 Å². The third-order valence-electron chi connectivity index (χ3n) is 1.55. The van der Waals surface area contributed by atoms with Crippen LogP contribution in [0.25, 0.3) is 0 Å². The highest BCUT2D eigenvalue weighted by molar-refractivity contribution is 5.27. The first kappa shape index (κ1) is 7.86. The average Bonchev–Trinajstić information content (AvgIpc) is 2.01. The first-order valence-electron chi connectivity index (χ1n) is 3.72. The monoisotopic (exact) mass is 148 g/mol. The molecule has 0 amide bonds. The quantitative estimate of drug-likeness (QED) is 0.653. The minimum absolute atomic E-state index is 0.339. The normalized spacial score (nSPS) is 9.45. The Bertz CT molecular complexity index is 240. The van der Waals surface area contributed by atoms with Gasteiger partial charge in [-0.05, 0) is 30.5 Å². The molecular formula is C10H12O. The maximum atomic E-state index is 9.09. The van der Waals surface area contributed by atoms with Crippen LogP contribution in [0.5, 0.6) is 5.75 Å². The number of hydrogen-bond acceptors (Lipinski definition) is 1. The van der Waals surface area contributed by atoms with Crippen molar-refractivity contribution in [1.82, 2.24) is 0 Å². The second-order valence-electron chi connectivity index (χ2n) is 2.50. The Labute approximate surface area is 67.0 Å². The van der Waals surface area contributed by atoms with E-state index in [4.69, 9.17) is 5.11 Å². The van der Waals surface area contributed by atoms with Gasteiger partial charge >= 0.3 is 0 Å². The van der Waals surface area contributed by atoms with Crippen LogP contribution in [0.1, 0.15) is 12.0 Å². The number of phenols is 1. The van der Waals surface area contributed by atoms with E-state index in [0.717, 1.165) is 18.4 Å². The van der Waals surface area contributed by atoms with Gasteiger partial charge in [-0.1, -0.05) is 18.2 Å². The van der Waals surface area contributed by atoms with Crippen LogP contribution in [-0.4, -0.2) is 5.11 Å². The van der Waals surface area contributed by atoms with Crippen molar-refractivity contribution in [2.45, 2.75) is 12.8 Å². The first-order valence-corrected chi connectivity index (χ1v) is 3.72. The number of benzene rings is 1. The molecule has 0 saturated carbocycles. The molecule has 0 fully saturated rings. The van der Waals surface area contributed by atoms with E-state index in [-0.39, 0.29) is 0 Å². The molecule has 1 rings (SSSR count). The van der Waals surface area contributed by atoms with Gasteiger partial charge in [0.05, 0.1) is 0 Å². The van der Waals surface area contributed by atoms with E-state index in [2.05, 4.69) is 6.58 Å². The zero-order chi connectivity index (χ0) is 8.10. The maximum absolute atomic E-state index is 9.09. The van der Waals surface area contributed by atoms with Crippen molar-refractivity contribution in [3.63, 3.8) is 0 Å². The van der Waals surface area contributed by atoms with E-state index in [1.165, 1.54) is 0 Å². The van der Waals surface area contributed by atoms with Gasteiger partial charge in [-0.25, -0.2) is 0 Å². The minimum Gasteiger partial charge on any atom is -0.508 e. The van der Waals surface area contributed by atoms with Gasteiger partial charge in [0.25, 0.3) is 0 Å². The Morgan fingerprint density at radius 3 is 2.91 bits per heavy atom. The van der Waals surface area contributed by atoms with Crippen LogP contribution >= 0.6 is 0 Å². The lowest BCUT2D eigenvalue weighted by molar-refractivity contribution is 0.474. The molecule has 0 unspecified atom stereocenters. The van der Waals surface area contributed by atoms with E-state index < -0.39 is 0 Å². The molecule has 0 spiro atoms. The third kappa shape index (κ3) is 2.46. The lowest BCUT2D eigenvalue weighted by Gasteiger charge is -1.97. The van der Waals surface area contributed by atoms with Gasteiger partial charge < -0.3 is 5.11 Å². The summed E-state index contributed by atoms with van der Waals surface area (Å²) in [5.41, 5.74) is 1.16. The summed E-state index contributed by atoms with van der Waals surface area (Å²) in [6.07, 6.45) is 3.80. The molecule has 1 N–H and O–H groups in total. The molecule has 0 aliphatic carbocycles. The molecule has 1 heteroatoms. The van der Waals surface area contributed by atoms with E-state index >= 15 is 0 Å². The van der Waals surface area contributed by atoms with Crippen molar-refractivity contribution < 1.29 is 5.11 Å². The van der Waals surface area contributed by atoms with Crippen LogP contribution in [0.2, 0.25) is 0 Å². The predicted molar refractivity (Wildman–Crippen MR) is 46.6 cm³/mol. The summed E-state index contributed by atoms with van der Waals surface area (Å²) in [6, 6.07) is 7.32.